The van der Waals surface area contributed by atoms with Crippen LogP contribution in [0.25, 0.3) is 22.8 Å². The van der Waals surface area contributed by atoms with Crippen LogP contribution in [0.4, 0.5) is 22.0 Å². The Labute approximate surface area is 171 Å². The summed E-state index contributed by atoms with van der Waals surface area (Å²) in [6.07, 6.45) is 3.92. The minimum absolute atomic E-state index is 0.0703. The standard InChI is InChI=1S/C25H19F5/c1-2-3-14-4-7-18(21(27)10-14)15-5-8-19-17(11-15)13-23(29)24(25(19)30)16-6-9-20(26)22(28)12-16/h4,6-7,9-13H,2-3,5,8H2,1H3. The van der Waals surface area contributed by atoms with Gasteiger partial charge in [-0.3, -0.25) is 0 Å². The van der Waals surface area contributed by atoms with Crippen molar-refractivity contribution in [1.82, 2.24) is 0 Å². The first kappa shape index (κ1) is 20.3. The van der Waals surface area contributed by atoms with E-state index in [1.807, 2.05) is 13.0 Å². The van der Waals surface area contributed by atoms with Crippen LogP contribution in [0, 0.1) is 29.1 Å². The summed E-state index contributed by atoms with van der Waals surface area (Å²) in [5.74, 6) is -4.29. The third-order valence-corrected chi connectivity index (χ3v) is 5.45. The quantitative estimate of drug-likeness (QED) is 0.388. The van der Waals surface area contributed by atoms with Crippen LogP contribution >= 0.6 is 0 Å². The molecule has 0 fully saturated rings. The van der Waals surface area contributed by atoms with Gasteiger partial charge in [-0.2, -0.15) is 0 Å². The Morgan fingerprint density at radius 1 is 0.767 bits per heavy atom. The second-order valence-electron chi connectivity index (χ2n) is 7.48. The average molecular weight is 414 g/mol. The average Bonchev–Trinajstić information content (AvgIpc) is 2.70. The van der Waals surface area contributed by atoms with Crippen molar-refractivity contribution >= 4 is 11.6 Å². The first-order valence-electron chi connectivity index (χ1n) is 9.84. The number of rotatable bonds is 4. The van der Waals surface area contributed by atoms with E-state index in [0.29, 0.717) is 23.1 Å². The van der Waals surface area contributed by atoms with Crippen molar-refractivity contribution in [3.05, 3.63) is 93.8 Å². The molecule has 1 aliphatic rings. The molecule has 5 heteroatoms. The molecule has 1 aliphatic carbocycles. The van der Waals surface area contributed by atoms with Crippen LogP contribution in [0.2, 0.25) is 0 Å². The third kappa shape index (κ3) is 3.64. The van der Waals surface area contributed by atoms with Crippen LogP contribution in [0.5, 0.6) is 0 Å². The van der Waals surface area contributed by atoms with Crippen molar-refractivity contribution < 1.29 is 22.0 Å². The lowest BCUT2D eigenvalue weighted by Gasteiger charge is -2.20. The summed E-state index contributed by atoms with van der Waals surface area (Å²) in [4.78, 5) is 0. The van der Waals surface area contributed by atoms with E-state index in [9.17, 15) is 17.6 Å². The second kappa shape index (κ2) is 8.05. The van der Waals surface area contributed by atoms with Crippen molar-refractivity contribution in [2.45, 2.75) is 32.6 Å². The molecule has 0 saturated carbocycles. The molecule has 3 aromatic rings. The highest BCUT2D eigenvalue weighted by molar-refractivity contribution is 5.86. The van der Waals surface area contributed by atoms with Gasteiger partial charge in [0.1, 0.15) is 17.5 Å². The van der Waals surface area contributed by atoms with Gasteiger partial charge in [-0.25, -0.2) is 22.0 Å². The number of allylic oxidation sites excluding steroid dienone is 1. The minimum atomic E-state index is -1.17. The van der Waals surface area contributed by atoms with Gasteiger partial charge in [-0.15, -0.1) is 0 Å². The van der Waals surface area contributed by atoms with E-state index < -0.39 is 23.3 Å². The maximum atomic E-state index is 15.1. The minimum Gasteiger partial charge on any atom is -0.206 e. The van der Waals surface area contributed by atoms with Gasteiger partial charge in [0.2, 0.25) is 0 Å². The van der Waals surface area contributed by atoms with E-state index >= 15 is 4.39 Å². The van der Waals surface area contributed by atoms with E-state index in [1.54, 1.807) is 12.1 Å². The zero-order valence-electron chi connectivity index (χ0n) is 16.3. The number of aryl methyl sites for hydroxylation is 1. The SMILES string of the molecule is CCCc1ccc(C2=Cc3cc(F)c(-c4ccc(F)c(F)c4)c(F)c3CC2)c(F)c1. The van der Waals surface area contributed by atoms with Gasteiger partial charge < -0.3 is 0 Å². The van der Waals surface area contributed by atoms with E-state index in [-0.39, 0.29) is 28.9 Å². The normalized spacial score (nSPS) is 13.2. The van der Waals surface area contributed by atoms with Crippen molar-refractivity contribution in [2.24, 2.45) is 0 Å². The van der Waals surface area contributed by atoms with Crippen molar-refractivity contribution in [2.75, 3.05) is 0 Å². The van der Waals surface area contributed by atoms with Crippen molar-refractivity contribution in [3.63, 3.8) is 0 Å². The summed E-state index contributed by atoms with van der Waals surface area (Å²) in [7, 11) is 0. The molecule has 30 heavy (non-hydrogen) atoms. The highest BCUT2D eigenvalue weighted by Gasteiger charge is 2.24. The molecule has 0 atom stereocenters. The zero-order valence-corrected chi connectivity index (χ0v) is 16.3. The Morgan fingerprint density at radius 3 is 2.27 bits per heavy atom. The summed E-state index contributed by atoms with van der Waals surface area (Å²) in [5.41, 5.74) is 2.15. The first-order valence-corrected chi connectivity index (χ1v) is 9.84. The first-order chi connectivity index (χ1) is 14.4. The van der Waals surface area contributed by atoms with Gasteiger partial charge in [0, 0.05) is 5.56 Å². The molecule has 0 N–H and O–H groups in total. The van der Waals surface area contributed by atoms with Gasteiger partial charge in [-0.05, 0) is 71.4 Å². The zero-order chi connectivity index (χ0) is 21.4. The van der Waals surface area contributed by atoms with Gasteiger partial charge in [0.05, 0.1) is 5.56 Å². The summed E-state index contributed by atoms with van der Waals surface area (Å²) in [5, 5.41) is 0. The number of fused-ring (bicyclic) bond motifs is 1. The molecule has 0 aliphatic heterocycles. The molecule has 0 heterocycles. The Kier molecular flexibility index (Phi) is 5.46. The smallest absolute Gasteiger partial charge is 0.159 e. The number of halogens is 5. The molecule has 154 valence electrons. The lowest BCUT2D eigenvalue weighted by atomic mass is 9.85. The largest absolute Gasteiger partial charge is 0.206 e. The molecule has 0 bridgehead atoms. The molecule has 0 aromatic heterocycles. The number of hydrogen-bond donors (Lipinski definition) is 0. The maximum Gasteiger partial charge on any atom is 0.159 e. The van der Waals surface area contributed by atoms with Gasteiger partial charge in [0.25, 0.3) is 0 Å². The highest BCUT2D eigenvalue weighted by atomic mass is 19.2. The van der Waals surface area contributed by atoms with Crippen LogP contribution in [0.3, 0.4) is 0 Å². The molecule has 0 unspecified atom stereocenters. The van der Waals surface area contributed by atoms with Crippen molar-refractivity contribution in [1.29, 1.82) is 0 Å². The van der Waals surface area contributed by atoms with Gasteiger partial charge in [0.15, 0.2) is 11.6 Å². The topological polar surface area (TPSA) is 0 Å². The summed E-state index contributed by atoms with van der Waals surface area (Å²) >= 11 is 0. The Hall–Kier alpha value is -2.95. The van der Waals surface area contributed by atoms with Gasteiger partial charge in [-0.1, -0.05) is 37.6 Å². The molecule has 0 nitrogen and oxygen atoms in total. The van der Waals surface area contributed by atoms with Crippen LogP contribution in [0.1, 0.15) is 42.0 Å². The van der Waals surface area contributed by atoms with Crippen LogP contribution in [-0.4, -0.2) is 0 Å². The van der Waals surface area contributed by atoms with E-state index in [1.165, 1.54) is 6.07 Å². The summed E-state index contributed by atoms with van der Waals surface area (Å²) in [6, 6.07) is 9.00. The van der Waals surface area contributed by atoms with E-state index in [4.69, 9.17) is 0 Å². The Morgan fingerprint density at radius 2 is 1.57 bits per heavy atom. The number of hydrogen-bond acceptors (Lipinski definition) is 0. The van der Waals surface area contributed by atoms with Crippen LogP contribution < -0.4 is 0 Å². The Bertz CT molecular complexity index is 1160. The predicted octanol–water partition coefficient (Wildman–Crippen LogP) is 7.49. The third-order valence-electron chi connectivity index (χ3n) is 5.45. The number of benzene rings is 3. The Balaban J connectivity index is 1.76. The second-order valence-corrected chi connectivity index (χ2v) is 7.48. The fraction of sp³-hybridized carbons (Fsp3) is 0.200. The molecule has 0 saturated heterocycles. The molecular weight excluding hydrogens is 395 g/mol. The van der Waals surface area contributed by atoms with Crippen LogP contribution in [-0.2, 0) is 12.8 Å². The fourth-order valence-corrected chi connectivity index (χ4v) is 3.97. The summed E-state index contributed by atoms with van der Waals surface area (Å²) < 4.78 is 71.2. The molecule has 4 rings (SSSR count). The van der Waals surface area contributed by atoms with Gasteiger partial charge >= 0.3 is 0 Å². The fourth-order valence-electron chi connectivity index (χ4n) is 3.97. The molecule has 0 radical (unpaired) electrons. The van der Waals surface area contributed by atoms with E-state index in [0.717, 1.165) is 42.7 Å². The lowest BCUT2D eigenvalue weighted by molar-refractivity contribution is 0.508. The lowest BCUT2D eigenvalue weighted by Crippen LogP contribution is -2.07. The van der Waals surface area contributed by atoms with Crippen molar-refractivity contribution in [3.8, 4) is 11.1 Å². The highest BCUT2D eigenvalue weighted by Crippen LogP contribution is 2.38. The maximum absolute atomic E-state index is 15.1. The molecule has 0 spiro atoms. The van der Waals surface area contributed by atoms with Crippen LogP contribution in [0.15, 0.2) is 42.5 Å². The van der Waals surface area contributed by atoms with E-state index in [2.05, 4.69) is 0 Å². The monoisotopic (exact) mass is 414 g/mol. The molecule has 0 amide bonds. The summed E-state index contributed by atoms with van der Waals surface area (Å²) in [6.45, 7) is 2.02. The predicted molar refractivity (Wildman–Crippen MR) is 108 cm³/mol. The molecule has 3 aromatic carbocycles. The molecular formula is C25H19F5.